The highest BCUT2D eigenvalue weighted by atomic mass is 32.2. The van der Waals surface area contributed by atoms with Gasteiger partial charge in [-0.3, -0.25) is 14.9 Å². The molecule has 0 aliphatic carbocycles. The first-order valence-corrected chi connectivity index (χ1v) is 8.55. The molecule has 0 aliphatic rings. The van der Waals surface area contributed by atoms with E-state index in [9.17, 15) is 28.1 Å². The van der Waals surface area contributed by atoms with Crippen molar-refractivity contribution in [3.8, 4) is 0 Å². The minimum absolute atomic E-state index is 0.414. The summed E-state index contributed by atoms with van der Waals surface area (Å²) in [5.74, 6) is -0.0766. The van der Waals surface area contributed by atoms with Crippen molar-refractivity contribution in [1.29, 1.82) is 0 Å². The van der Waals surface area contributed by atoms with Crippen molar-refractivity contribution in [3.63, 3.8) is 0 Å². The van der Waals surface area contributed by atoms with Gasteiger partial charge in [0.25, 0.3) is 5.69 Å². The Bertz CT molecular complexity index is 798. The van der Waals surface area contributed by atoms with E-state index in [1.54, 1.807) is 6.92 Å². The fourth-order valence-electron chi connectivity index (χ4n) is 2.09. The second-order valence-corrected chi connectivity index (χ2v) is 6.74. The SMILES string of the molecule is C[C@H](SCc1ccccc1)C(=O)Nc1ccc([N+](=O)[O-])cc1C(F)(F)F. The molecule has 0 heterocycles. The Labute approximate surface area is 151 Å². The number of nitro groups is 1. The number of halogens is 3. The molecule has 2 aromatic carbocycles. The van der Waals surface area contributed by atoms with Crippen molar-refractivity contribution in [3.05, 3.63) is 69.8 Å². The third-order valence-corrected chi connectivity index (χ3v) is 4.70. The molecule has 26 heavy (non-hydrogen) atoms. The van der Waals surface area contributed by atoms with Gasteiger partial charge in [0, 0.05) is 17.9 Å². The first kappa shape index (κ1) is 19.8. The number of nitrogens with one attached hydrogen (secondary N) is 1. The molecule has 0 saturated heterocycles. The summed E-state index contributed by atoms with van der Waals surface area (Å²) in [7, 11) is 0. The Morgan fingerprint density at radius 1 is 1.23 bits per heavy atom. The number of hydrogen-bond acceptors (Lipinski definition) is 4. The maximum atomic E-state index is 13.1. The lowest BCUT2D eigenvalue weighted by atomic mass is 10.1. The zero-order valence-electron chi connectivity index (χ0n) is 13.6. The Morgan fingerprint density at radius 3 is 2.46 bits per heavy atom. The van der Waals surface area contributed by atoms with Crippen LogP contribution in [0.2, 0.25) is 0 Å². The maximum Gasteiger partial charge on any atom is 0.418 e. The van der Waals surface area contributed by atoms with Gasteiger partial charge in [0.05, 0.1) is 21.4 Å². The summed E-state index contributed by atoms with van der Waals surface area (Å²) in [5, 5.41) is 12.3. The maximum absolute atomic E-state index is 13.1. The van der Waals surface area contributed by atoms with Gasteiger partial charge in [-0.1, -0.05) is 30.3 Å². The van der Waals surface area contributed by atoms with Crippen LogP contribution in [0.5, 0.6) is 0 Å². The predicted molar refractivity (Wildman–Crippen MR) is 93.9 cm³/mol. The summed E-state index contributed by atoms with van der Waals surface area (Å²) in [5.41, 5.74) is -1.45. The van der Waals surface area contributed by atoms with Gasteiger partial charge in [-0.2, -0.15) is 13.2 Å². The van der Waals surface area contributed by atoms with Crippen LogP contribution in [0.25, 0.3) is 0 Å². The third-order valence-electron chi connectivity index (χ3n) is 3.49. The van der Waals surface area contributed by atoms with Gasteiger partial charge in [-0.15, -0.1) is 11.8 Å². The molecule has 2 aromatic rings. The summed E-state index contributed by atoms with van der Waals surface area (Å²) in [6.45, 7) is 1.58. The monoisotopic (exact) mass is 384 g/mol. The second kappa shape index (κ2) is 8.22. The van der Waals surface area contributed by atoms with E-state index in [1.807, 2.05) is 30.3 Å². The number of hydrogen-bond donors (Lipinski definition) is 1. The molecule has 0 radical (unpaired) electrons. The van der Waals surface area contributed by atoms with Crippen molar-refractivity contribution in [2.45, 2.75) is 24.1 Å². The summed E-state index contributed by atoms with van der Waals surface area (Å²) >= 11 is 1.28. The average Bonchev–Trinajstić information content (AvgIpc) is 2.59. The molecular formula is C17H15F3N2O3S. The topological polar surface area (TPSA) is 72.2 Å². The van der Waals surface area contributed by atoms with Crippen LogP contribution in [0.1, 0.15) is 18.1 Å². The lowest BCUT2D eigenvalue weighted by Crippen LogP contribution is -2.24. The minimum Gasteiger partial charge on any atom is -0.325 e. The lowest BCUT2D eigenvalue weighted by Gasteiger charge is -2.16. The number of alkyl halides is 3. The normalized spacial score (nSPS) is 12.5. The van der Waals surface area contributed by atoms with Crippen molar-refractivity contribution in [1.82, 2.24) is 0 Å². The van der Waals surface area contributed by atoms with E-state index in [0.29, 0.717) is 11.8 Å². The Morgan fingerprint density at radius 2 is 1.88 bits per heavy atom. The molecule has 1 amide bonds. The minimum atomic E-state index is -4.82. The van der Waals surface area contributed by atoms with Crippen molar-refractivity contribution >= 4 is 29.0 Å². The van der Waals surface area contributed by atoms with E-state index >= 15 is 0 Å². The van der Waals surface area contributed by atoms with Crippen LogP contribution in [0.3, 0.4) is 0 Å². The average molecular weight is 384 g/mol. The van der Waals surface area contributed by atoms with Gasteiger partial charge in [-0.25, -0.2) is 0 Å². The van der Waals surface area contributed by atoms with Gasteiger partial charge in [-0.05, 0) is 18.6 Å². The van der Waals surface area contributed by atoms with Gasteiger partial charge in [0.1, 0.15) is 0 Å². The van der Waals surface area contributed by atoms with Gasteiger partial charge in [0.15, 0.2) is 0 Å². The summed E-state index contributed by atoms with van der Waals surface area (Å²) in [6.07, 6.45) is -4.82. The highest BCUT2D eigenvalue weighted by Gasteiger charge is 2.36. The number of amides is 1. The standard InChI is InChI=1S/C17H15F3N2O3S/c1-11(26-10-12-5-3-2-4-6-12)16(23)21-15-8-7-13(22(24)25)9-14(15)17(18,19)20/h2-9,11H,10H2,1H3,(H,21,23)/t11-/m0/s1. The van der Waals surface area contributed by atoms with E-state index < -0.39 is 39.2 Å². The molecule has 1 atom stereocenters. The Kier molecular flexibility index (Phi) is 6.25. The molecule has 9 heteroatoms. The number of nitrogens with zero attached hydrogens (tertiary/aromatic N) is 1. The van der Waals surface area contributed by atoms with E-state index in [1.165, 1.54) is 11.8 Å². The number of benzene rings is 2. The van der Waals surface area contributed by atoms with Crippen molar-refractivity contribution in [2.75, 3.05) is 5.32 Å². The molecule has 5 nitrogen and oxygen atoms in total. The van der Waals surface area contributed by atoms with Gasteiger partial charge < -0.3 is 5.32 Å². The van der Waals surface area contributed by atoms with E-state index in [4.69, 9.17) is 0 Å². The molecular weight excluding hydrogens is 369 g/mol. The largest absolute Gasteiger partial charge is 0.418 e. The highest BCUT2D eigenvalue weighted by Crippen LogP contribution is 2.37. The van der Waals surface area contributed by atoms with E-state index in [0.717, 1.165) is 17.7 Å². The fourth-order valence-corrected chi connectivity index (χ4v) is 2.94. The quantitative estimate of drug-likeness (QED) is 0.569. The van der Waals surface area contributed by atoms with Crippen LogP contribution in [-0.4, -0.2) is 16.1 Å². The van der Waals surface area contributed by atoms with Crippen LogP contribution in [0.15, 0.2) is 48.5 Å². The highest BCUT2D eigenvalue weighted by molar-refractivity contribution is 7.99. The molecule has 0 bridgehead atoms. The zero-order chi connectivity index (χ0) is 19.3. The van der Waals surface area contributed by atoms with Crippen molar-refractivity contribution < 1.29 is 22.9 Å². The van der Waals surface area contributed by atoms with E-state index in [2.05, 4.69) is 5.32 Å². The number of carbonyl (C=O) groups is 1. The Hall–Kier alpha value is -2.55. The molecule has 0 unspecified atom stereocenters. The second-order valence-electron chi connectivity index (χ2n) is 5.41. The molecule has 0 aromatic heterocycles. The number of thioether (sulfide) groups is 1. The summed E-state index contributed by atoms with van der Waals surface area (Å²) < 4.78 is 39.4. The summed E-state index contributed by atoms with van der Waals surface area (Å²) in [4.78, 5) is 22.0. The molecule has 2 rings (SSSR count). The number of carbonyl (C=O) groups excluding carboxylic acids is 1. The van der Waals surface area contributed by atoms with Crippen LogP contribution in [0.4, 0.5) is 24.5 Å². The number of nitro benzene ring substituents is 1. The fraction of sp³-hybridized carbons (Fsp3) is 0.235. The van der Waals surface area contributed by atoms with Crippen LogP contribution in [-0.2, 0) is 16.7 Å². The third kappa shape index (κ3) is 5.22. The predicted octanol–water partition coefficient (Wildman–Crippen LogP) is 4.87. The molecule has 0 spiro atoms. The van der Waals surface area contributed by atoms with Crippen molar-refractivity contribution in [2.24, 2.45) is 0 Å². The number of rotatable bonds is 6. The van der Waals surface area contributed by atoms with Gasteiger partial charge >= 0.3 is 6.18 Å². The summed E-state index contributed by atoms with van der Waals surface area (Å²) in [6, 6.07) is 11.6. The molecule has 0 fully saturated rings. The number of non-ortho nitro benzene ring substituents is 1. The molecule has 138 valence electrons. The molecule has 1 N–H and O–H groups in total. The molecule has 0 saturated carbocycles. The first-order chi connectivity index (χ1) is 12.2. The van der Waals surface area contributed by atoms with Crippen LogP contribution in [0, 0.1) is 10.1 Å². The number of anilines is 1. The Balaban J connectivity index is 2.11. The van der Waals surface area contributed by atoms with E-state index in [-0.39, 0.29) is 0 Å². The lowest BCUT2D eigenvalue weighted by molar-refractivity contribution is -0.385. The zero-order valence-corrected chi connectivity index (χ0v) is 14.4. The molecule has 0 aliphatic heterocycles. The van der Waals surface area contributed by atoms with Crippen LogP contribution >= 0.6 is 11.8 Å². The van der Waals surface area contributed by atoms with Gasteiger partial charge in [0.2, 0.25) is 5.91 Å². The van der Waals surface area contributed by atoms with Crippen LogP contribution < -0.4 is 5.32 Å². The first-order valence-electron chi connectivity index (χ1n) is 7.50. The smallest absolute Gasteiger partial charge is 0.325 e.